The number of oxazole rings is 8. The fraction of sp³-hybridized carbons (Fsp3) is 0. The maximum atomic E-state index is 5.95. The first-order valence-corrected chi connectivity index (χ1v) is 17.9. The van der Waals surface area contributed by atoms with E-state index in [0.717, 1.165) is 32.3 Å². The van der Waals surface area contributed by atoms with Gasteiger partial charge in [-0.05, 0) is 12.1 Å². The van der Waals surface area contributed by atoms with Gasteiger partial charge in [-0.1, -0.05) is 24.3 Å². The van der Waals surface area contributed by atoms with E-state index in [1.165, 1.54) is 51.1 Å². The molecule has 0 aliphatic carbocycles. The lowest BCUT2D eigenvalue weighted by Crippen LogP contribution is -2.15. The van der Waals surface area contributed by atoms with Crippen molar-refractivity contribution in [2.45, 2.75) is 0 Å². The zero-order valence-electron chi connectivity index (χ0n) is 30.3. The van der Waals surface area contributed by atoms with Crippen LogP contribution in [-0.4, -0.2) is 39.9 Å². The predicted molar refractivity (Wildman–Crippen MR) is 209 cm³/mol. The normalized spacial score (nSPS) is 11.7. The van der Waals surface area contributed by atoms with Crippen LogP contribution in [0.25, 0.3) is 32.3 Å². The van der Waals surface area contributed by atoms with Crippen molar-refractivity contribution in [3.63, 3.8) is 0 Å². The summed E-state index contributed by atoms with van der Waals surface area (Å²) in [6.07, 6.45) is 23.4. The van der Waals surface area contributed by atoms with Gasteiger partial charge in [-0.3, -0.25) is 0 Å². The minimum absolute atomic E-state index is 0.351. The Hall–Kier alpha value is -9.20. The number of aromatic nitrogens is 8. The van der Waals surface area contributed by atoms with Crippen molar-refractivity contribution < 1.29 is 35.3 Å². The van der Waals surface area contributed by atoms with Gasteiger partial charge in [-0.15, -0.1) is 0 Å². The Balaban J connectivity index is 1.27. The second-order valence-corrected chi connectivity index (χ2v) is 13.0. The SMILES string of the molecule is c1ncc(N(c2cnco2)c2cc(N(c3cnco3)c3cnco3)c3ccc4c(N(c5cnco5)c5cnco5)cc(N(c5cnco5)c5cnco5)c5ccc2c3c54)o1. The maximum absolute atomic E-state index is 5.95. The molecule has 0 saturated carbocycles. The molecule has 8 aromatic heterocycles. The van der Waals surface area contributed by atoms with E-state index in [-0.39, 0.29) is 0 Å². The summed E-state index contributed by atoms with van der Waals surface area (Å²) in [5.74, 6) is 2.80. The first kappa shape index (κ1) is 33.0. The van der Waals surface area contributed by atoms with Crippen molar-refractivity contribution in [3.05, 3.63) is 137 Å². The van der Waals surface area contributed by atoms with Crippen molar-refractivity contribution >= 4 is 102 Å². The molecule has 0 spiro atoms. The van der Waals surface area contributed by atoms with Crippen LogP contribution in [0, 0.1) is 0 Å². The Morgan fingerprint density at radius 1 is 0.267 bits per heavy atom. The average Bonchev–Trinajstić information content (AvgIpc) is 4.13. The molecule has 12 aromatic rings. The molecule has 0 N–H and O–H groups in total. The average molecular weight is 799 g/mol. The highest BCUT2D eigenvalue weighted by Crippen LogP contribution is 2.54. The Morgan fingerprint density at radius 2 is 0.450 bits per heavy atom. The standard InChI is InChI=1S/C40H22N12O8/c1-2-24-28(50(33-9-43-17-55-33)34-10-44-18-56-34)6-30(52(37-13-47-21-59-37)38-14-48-22-60-38)26-4-3-25-29(51(35-11-45-19-57-35)36-12-46-20-58-36)5-27(23(1)39(25)40(24)26)49(31-7-41-15-53-31)32-8-42-16-54-32/h1-22H. The molecule has 8 heterocycles. The molecule has 20 nitrogen and oxygen atoms in total. The van der Waals surface area contributed by atoms with Crippen LogP contribution in [0.3, 0.4) is 0 Å². The topological polar surface area (TPSA) is 221 Å². The number of hydrogen-bond donors (Lipinski definition) is 0. The zero-order valence-corrected chi connectivity index (χ0v) is 30.3. The summed E-state index contributed by atoms with van der Waals surface area (Å²) >= 11 is 0. The summed E-state index contributed by atoms with van der Waals surface area (Å²) in [5.41, 5.74) is 2.45. The van der Waals surface area contributed by atoms with E-state index >= 15 is 0 Å². The molecule has 60 heavy (non-hydrogen) atoms. The third kappa shape index (κ3) is 5.04. The molecule has 290 valence electrons. The summed E-state index contributed by atoms with van der Waals surface area (Å²) in [6, 6.07) is 12.0. The van der Waals surface area contributed by atoms with E-state index in [1.54, 1.807) is 69.2 Å². The highest BCUT2D eigenvalue weighted by Gasteiger charge is 2.32. The van der Waals surface area contributed by atoms with Crippen molar-refractivity contribution in [3.8, 4) is 0 Å². The Morgan fingerprint density at radius 3 is 0.600 bits per heavy atom. The molecule has 0 saturated heterocycles. The number of nitrogens with zero attached hydrogens (tertiary/aromatic N) is 12. The van der Waals surface area contributed by atoms with Crippen LogP contribution in [0.15, 0.2) is 172 Å². The van der Waals surface area contributed by atoms with Gasteiger partial charge < -0.3 is 35.3 Å². The molecule has 0 atom stereocenters. The van der Waals surface area contributed by atoms with Crippen LogP contribution in [0.1, 0.15) is 0 Å². The first-order valence-electron chi connectivity index (χ1n) is 17.9. The molecule has 20 heteroatoms. The number of benzene rings is 4. The van der Waals surface area contributed by atoms with Crippen molar-refractivity contribution in [1.29, 1.82) is 0 Å². The largest absolute Gasteiger partial charge is 0.427 e. The predicted octanol–water partition coefficient (Wildman–Crippen LogP) is 10.4. The van der Waals surface area contributed by atoms with E-state index < -0.39 is 0 Å². The molecule has 0 unspecified atom stereocenters. The first-order chi connectivity index (χ1) is 29.8. The molecule has 12 rings (SSSR count). The van der Waals surface area contributed by atoms with Crippen LogP contribution in [-0.2, 0) is 0 Å². The third-order valence-corrected chi connectivity index (χ3v) is 9.89. The van der Waals surface area contributed by atoms with E-state index in [0.29, 0.717) is 69.8 Å². The van der Waals surface area contributed by atoms with Crippen LogP contribution in [0.4, 0.5) is 69.8 Å². The minimum atomic E-state index is 0.351. The number of rotatable bonds is 12. The fourth-order valence-electron chi connectivity index (χ4n) is 7.60. The maximum Gasteiger partial charge on any atom is 0.227 e. The van der Waals surface area contributed by atoms with E-state index in [9.17, 15) is 0 Å². The lowest BCUT2D eigenvalue weighted by Gasteiger charge is -2.29. The monoisotopic (exact) mass is 798 g/mol. The third-order valence-electron chi connectivity index (χ3n) is 9.89. The molecule has 4 aromatic carbocycles. The lowest BCUT2D eigenvalue weighted by atomic mass is 9.89. The lowest BCUT2D eigenvalue weighted by molar-refractivity contribution is 0.530. The summed E-state index contributed by atoms with van der Waals surface area (Å²) < 4.78 is 47.6. The second-order valence-electron chi connectivity index (χ2n) is 13.0. The number of hydrogen-bond acceptors (Lipinski definition) is 20. The van der Waals surface area contributed by atoms with Gasteiger partial charge >= 0.3 is 0 Å². The van der Waals surface area contributed by atoms with Crippen molar-refractivity contribution in [2.24, 2.45) is 0 Å². The molecular weight excluding hydrogens is 777 g/mol. The van der Waals surface area contributed by atoms with Gasteiger partial charge in [-0.25, -0.2) is 59.5 Å². The fourth-order valence-corrected chi connectivity index (χ4v) is 7.60. The zero-order chi connectivity index (χ0) is 39.6. The van der Waals surface area contributed by atoms with Gasteiger partial charge in [0.25, 0.3) is 0 Å². The van der Waals surface area contributed by atoms with Crippen LogP contribution in [0.2, 0.25) is 0 Å². The van der Waals surface area contributed by atoms with Gasteiger partial charge in [-0.2, -0.15) is 0 Å². The van der Waals surface area contributed by atoms with Crippen LogP contribution < -0.4 is 19.6 Å². The Labute approximate surface area is 333 Å². The van der Waals surface area contributed by atoms with Crippen LogP contribution in [0.5, 0.6) is 0 Å². The van der Waals surface area contributed by atoms with E-state index in [2.05, 4.69) is 39.9 Å². The molecule has 0 radical (unpaired) electrons. The summed E-state index contributed by atoms with van der Waals surface area (Å²) in [7, 11) is 0. The summed E-state index contributed by atoms with van der Waals surface area (Å²) in [4.78, 5) is 41.1. The van der Waals surface area contributed by atoms with Gasteiger partial charge in [0.1, 0.15) is 0 Å². The summed E-state index contributed by atoms with van der Waals surface area (Å²) in [5, 5.41) is 4.67. The molecule has 0 bridgehead atoms. The highest BCUT2D eigenvalue weighted by molar-refractivity contribution is 6.32. The van der Waals surface area contributed by atoms with E-state index in [1.807, 2.05) is 36.4 Å². The van der Waals surface area contributed by atoms with Crippen molar-refractivity contribution in [1.82, 2.24) is 39.9 Å². The van der Waals surface area contributed by atoms with Gasteiger partial charge in [0.2, 0.25) is 47.1 Å². The smallest absolute Gasteiger partial charge is 0.227 e. The van der Waals surface area contributed by atoms with Crippen LogP contribution >= 0.6 is 0 Å². The quantitative estimate of drug-likeness (QED) is 0.105. The molecule has 0 aliphatic heterocycles. The molecule has 0 amide bonds. The van der Waals surface area contributed by atoms with Gasteiger partial charge in [0.05, 0.1) is 72.3 Å². The Kier molecular flexibility index (Phi) is 7.26. The minimum Gasteiger partial charge on any atom is -0.427 e. The molecule has 0 fully saturated rings. The summed E-state index contributed by atoms with van der Waals surface area (Å²) in [6.45, 7) is 0. The van der Waals surface area contributed by atoms with Gasteiger partial charge in [0.15, 0.2) is 51.1 Å². The van der Waals surface area contributed by atoms with Crippen molar-refractivity contribution in [2.75, 3.05) is 19.6 Å². The highest BCUT2D eigenvalue weighted by atomic mass is 16.4. The number of anilines is 12. The van der Waals surface area contributed by atoms with E-state index in [4.69, 9.17) is 35.3 Å². The molecule has 0 aliphatic rings. The second kappa shape index (κ2) is 13.2. The van der Waals surface area contributed by atoms with Gasteiger partial charge in [0, 0.05) is 32.3 Å². The molecular formula is C40H22N12O8. The Bertz CT molecular complexity index is 2710.